The van der Waals surface area contributed by atoms with Crippen LogP contribution in [-0.2, 0) is 9.59 Å². The van der Waals surface area contributed by atoms with Crippen LogP contribution in [0.15, 0.2) is 65.2 Å². The molecule has 1 unspecified atom stereocenters. The van der Waals surface area contributed by atoms with Gasteiger partial charge in [0.2, 0.25) is 11.8 Å². The van der Waals surface area contributed by atoms with E-state index in [1.54, 1.807) is 25.1 Å². The van der Waals surface area contributed by atoms with Crippen LogP contribution >= 0.6 is 0 Å². The number of para-hydroxylation sites is 3. The van der Waals surface area contributed by atoms with Crippen molar-refractivity contribution in [2.24, 2.45) is 5.92 Å². The average molecular weight is 377 g/mol. The summed E-state index contributed by atoms with van der Waals surface area (Å²) in [5.41, 5.74) is 0.555. The minimum Gasteiger partial charge on any atom is -0.455 e. The first-order chi connectivity index (χ1) is 13.6. The van der Waals surface area contributed by atoms with Crippen LogP contribution in [-0.4, -0.2) is 23.5 Å². The molecule has 0 bridgehead atoms. The van der Waals surface area contributed by atoms with Crippen molar-refractivity contribution in [2.75, 3.05) is 16.8 Å². The minimum absolute atomic E-state index is 0.124. The monoisotopic (exact) mass is 377 g/mol. The number of carbonyl (C=O) groups is 2. The highest BCUT2D eigenvalue weighted by Gasteiger charge is 2.36. The van der Waals surface area contributed by atoms with E-state index in [0.29, 0.717) is 28.8 Å². The van der Waals surface area contributed by atoms with Gasteiger partial charge in [0.1, 0.15) is 11.5 Å². The molecule has 1 aliphatic heterocycles. The van der Waals surface area contributed by atoms with Crippen molar-refractivity contribution in [3.63, 3.8) is 0 Å². The van der Waals surface area contributed by atoms with Gasteiger partial charge in [0, 0.05) is 19.0 Å². The Kier molecular flexibility index (Phi) is 4.80. The van der Waals surface area contributed by atoms with E-state index in [-0.39, 0.29) is 24.8 Å². The van der Waals surface area contributed by atoms with Gasteiger partial charge in [0.05, 0.1) is 11.6 Å². The Hall–Kier alpha value is -3.61. The Bertz CT molecular complexity index is 1000. The molecule has 1 fully saturated rings. The van der Waals surface area contributed by atoms with Gasteiger partial charge in [-0.3, -0.25) is 14.5 Å². The van der Waals surface area contributed by atoms with Crippen molar-refractivity contribution in [1.82, 2.24) is 5.16 Å². The van der Waals surface area contributed by atoms with Gasteiger partial charge in [0.15, 0.2) is 11.6 Å². The van der Waals surface area contributed by atoms with Crippen LogP contribution in [0, 0.1) is 12.8 Å². The minimum atomic E-state index is -0.478. The molecule has 1 aliphatic rings. The fourth-order valence-electron chi connectivity index (χ4n) is 3.09. The zero-order chi connectivity index (χ0) is 19.5. The largest absolute Gasteiger partial charge is 0.455 e. The van der Waals surface area contributed by atoms with Crippen molar-refractivity contribution < 1.29 is 18.8 Å². The van der Waals surface area contributed by atoms with E-state index in [1.165, 1.54) is 4.90 Å². The Balaban J connectivity index is 1.46. The van der Waals surface area contributed by atoms with E-state index in [2.05, 4.69) is 10.5 Å². The molecule has 2 amide bonds. The summed E-state index contributed by atoms with van der Waals surface area (Å²) in [5.74, 6) is 1.40. The number of aryl methyl sites for hydroxylation is 1. The highest BCUT2D eigenvalue weighted by Crippen LogP contribution is 2.31. The Labute approximate surface area is 161 Å². The second kappa shape index (κ2) is 7.56. The van der Waals surface area contributed by atoms with Crippen LogP contribution in [0.5, 0.6) is 11.5 Å². The molecule has 0 radical (unpaired) electrons. The lowest BCUT2D eigenvalue weighted by Gasteiger charge is -2.15. The lowest BCUT2D eigenvalue weighted by Crippen LogP contribution is -2.28. The lowest BCUT2D eigenvalue weighted by molar-refractivity contribution is -0.122. The summed E-state index contributed by atoms with van der Waals surface area (Å²) in [6.45, 7) is 2.02. The summed E-state index contributed by atoms with van der Waals surface area (Å²) in [6, 6.07) is 18.2. The van der Waals surface area contributed by atoms with Crippen molar-refractivity contribution in [2.45, 2.75) is 13.3 Å². The zero-order valence-electron chi connectivity index (χ0n) is 15.3. The summed E-state index contributed by atoms with van der Waals surface area (Å²) in [5, 5.41) is 6.75. The Morgan fingerprint density at radius 1 is 1.18 bits per heavy atom. The standard InChI is InChI=1S/C21H19N3O4/c1-14-11-19(23-28-14)24-13-15(12-20(24)25)21(26)22-17-9-5-6-10-18(17)27-16-7-3-2-4-8-16/h2-11,15H,12-13H2,1H3,(H,22,26). The molecule has 2 aromatic carbocycles. The first-order valence-electron chi connectivity index (χ1n) is 8.96. The predicted molar refractivity (Wildman–Crippen MR) is 103 cm³/mol. The molecule has 0 spiro atoms. The number of nitrogens with one attached hydrogen (secondary N) is 1. The third-order valence-corrected chi connectivity index (χ3v) is 4.50. The van der Waals surface area contributed by atoms with Crippen molar-refractivity contribution >= 4 is 23.3 Å². The van der Waals surface area contributed by atoms with Crippen molar-refractivity contribution in [3.8, 4) is 11.5 Å². The number of anilines is 2. The fraction of sp³-hybridized carbons (Fsp3) is 0.190. The lowest BCUT2D eigenvalue weighted by atomic mass is 10.1. The van der Waals surface area contributed by atoms with Crippen LogP contribution in [0.2, 0.25) is 0 Å². The summed E-state index contributed by atoms with van der Waals surface area (Å²) in [7, 11) is 0. The molecule has 2 heterocycles. The van der Waals surface area contributed by atoms with Gasteiger partial charge in [0.25, 0.3) is 0 Å². The number of hydrogen-bond acceptors (Lipinski definition) is 5. The van der Waals surface area contributed by atoms with Crippen LogP contribution in [0.3, 0.4) is 0 Å². The molecule has 28 heavy (non-hydrogen) atoms. The summed E-state index contributed by atoms with van der Waals surface area (Å²) < 4.78 is 10.9. The van der Waals surface area contributed by atoms with Crippen LogP contribution in [0.25, 0.3) is 0 Å². The van der Waals surface area contributed by atoms with E-state index in [1.807, 2.05) is 42.5 Å². The highest BCUT2D eigenvalue weighted by atomic mass is 16.5. The fourth-order valence-corrected chi connectivity index (χ4v) is 3.09. The molecule has 1 saturated heterocycles. The molecular formula is C21H19N3O4. The maximum atomic E-state index is 12.8. The average Bonchev–Trinajstić information content (AvgIpc) is 3.29. The van der Waals surface area contributed by atoms with Crippen molar-refractivity contribution in [3.05, 3.63) is 66.4 Å². The van der Waals surface area contributed by atoms with Crippen LogP contribution in [0.4, 0.5) is 11.5 Å². The number of carbonyl (C=O) groups excluding carboxylic acids is 2. The first-order valence-corrected chi connectivity index (χ1v) is 8.96. The van der Waals surface area contributed by atoms with Crippen molar-refractivity contribution in [1.29, 1.82) is 0 Å². The number of hydrogen-bond donors (Lipinski definition) is 1. The number of amides is 2. The smallest absolute Gasteiger partial charge is 0.229 e. The second-order valence-electron chi connectivity index (χ2n) is 6.60. The quantitative estimate of drug-likeness (QED) is 0.732. The summed E-state index contributed by atoms with van der Waals surface area (Å²) in [6.07, 6.45) is 0.124. The van der Waals surface area contributed by atoms with Gasteiger partial charge in [-0.15, -0.1) is 0 Å². The van der Waals surface area contributed by atoms with Gasteiger partial charge in [-0.05, 0) is 31.2 Å². The SMILES string of the molecule is Cc1cc(N2CC(C(=O)Nc3ccccc3Oc3ccccc3)CC2=O)no1. The number of nitrogens with zero attached hydrogens (tertiary/aromatic N) is 2. The molecule has 7 heteroatoms. The second-order valence-corrected chi connectivity index (χ2v) is 6.60. The molecule has 7 nitrogen and oxygen atoms in total. The number of rotatable bonds is 5. The molecule has 4 rings (SSSR count). The molecule has 0 aliphatic carbocycles. The van der Waals surface area contributed by atoms with E-state index in [4.69, 9.17) is 9.26 Å². The van der Waals surface area contributed by atoms with Gasteiger partial charge in [-0.25, -0.2) is 0 Å². The van der Waals surface area contributed by atoms with E-state index >= 15 is 0 Å². The van der Waals surface area contributed by atoms with Gasteiger partial charge >= 0.3 is 0 Å². The number of benzene rings is 2. The van der Waals surface area contributed by atoms with E-state index in [0.717, 1.165) is 0 Å². The molecule has 1 aromatic heterocycles. The number of ether oxygens (including phenoxy) is 1. The highest BCUT2D eigenvalue weighted by molar-refractivity contribution is 6.03. The zero-order valence-corrected chi connectivity index (χ0v) is 15.3. The predicted octanol–water partition coefficient (Wildman–Crippen LogP) is 3.77. The van der Waals surface area contributed by atoms with Gasteiger partial charge < -0.3 is 14.6 Å². The third kappa shape index (κ3) is 3.73. The first kappa shape index (κ1) is 17.8. The molecule has 1 atom stereocenters. The summed E-state index contributed by atoms with van der Waals surface area (Å²) in [4.78, 5) is 26.5. The molecule has 3 aromatic rings. The Morgan fingerprint density at radius 2 is 1.93 bits per heavy atom. The van der Waals surface area contributed by atoms with Crippen LogP contribution in [0.1, 0.15) is 12.2 Å². The Morgan fingerprint density at radius 3 is 2.68 bits per heavy atom. The van der Waals surface area contributed by atoms with Gasteiger partial charge in [-0.1, -0.05) is 35.5 Å². The molecule has 0 saturated carbocycles. The topological polar surface area (TPSA) is 84.7 Å². The normalized spacial score (nSPS) is 16.2. The molecular weight excluding hydrogens is 358 g/mol. The molecule has 1 N–H and O–H groups in total. The van der Waals surface area contributed by atoms with E-state index in [9.17, 15) is 9.59 Å². The third-order valence-electron chi connectivity index (χ3n) is 4.50. The summed E-state index contributed by atoms with van der Waals surface area (Å²) >= 11 is 0. The van der Waals surface area contributed by atoms with Crippen LogP contribution < -0.4 is 15.0 Å². The van der Waals surface area contributed by atoms with Gasteiger partial charge in [-0.2, -0.15) is 0 Å². The maximum absolute atomic E-state index is 12.8. The van der Waals surface area contributed by atoms with E-state index < -0.39 is 5.92 Å². The molecule has 142 valence electrons. The number of aromatic nitrogens is 1. The maximum Gasteiger partial charge on any atom is 0.229 e.